The molecule has 2 N–H and O–H groups in total. The number of sulfone groups is 1. The van der Waals surface area contributed by atoms with Crippen molar-refractivity contribution in [2.45, 2.75) is 30.2 Å². The van der Waals surface area contributed by atoms with Gasteiger partial charge in [-0.1, -0.05) is 11.6 Å². The van der Waals surface area contributed by atoms with Crippen LogP contribution in [0.15, 0.2) is 23.1 Å². The van der Waals surface area contributed by atoms with Crippen molar-refractivity contribution in [3.05, 3.63) is 23.2 Å². The molecule has 1 saturated carbocycles. The number of hydrogen-bond donors (Lipinski definition) is 2. The molecule has 0 aromatic heterocycles. The van der Waals surface area contributed by atoms with E-state index in [-0.39, 0.29) is 21.9 Å². The first kappa shape index (κ1) is 14.8. The first-order valence-electron chi connectivity index (χ1n) is 6.83. The Labute approximate surface area is 129 Å². The van der Waals surface area contributed by atoms with Crippen LogP contribution >= 0.6 is 11.6 Å². The maximum Gasteiger partial charge on any atom is 0.241 e. The van der Waals surface area contributed by atoms with Gasteiger partial charge in [0, 0.05) is 18.5 Å². The highest BCUT2D eigenvalue weighted by molar-refractivity contribution is 7.90. The van der Waals surface area contributed by atoms with Crippen LogP contribution in [0.1, 0.15) is 19.3 Å². The normalized spacial score (nSPS) is 23.2. The lowest BCUT2D eigenvalue weighted by Crippen LogP contribution is -2.35. The zero-order valence-electron chi connectivity index (χ0n) is 11.6. The molecule has 1 aliphatic carbocycles. The first-order chi connectivity index (χ1) is 9.79. The zero-order chi connectivity index (χ0) is 15.3. The lowest BCUT2D eigenvalue weighted by atomic mass is 10.0. The number of benzene rings is 1. The molecular weight excluding hydrogens is 312 g/mol. The largest absolute Gasteiger partial charge is 0.325 e. The standard InChI is InChI=1S/C14H17ClN2O3S/c1-21(19,20)12-3-2-9(6-10(12)15)17-13(18)11-7-14(4-5-14)8-16-11/h2-3,6,11,16H,4-5,7-8H2,1H3,(H,17,18)/t11-/m1/s1. The SMILES string of the molecule is CS(=O)(=O)c1ccc(NC(=O)[C@H]2CC3(CC3)CN2)cc1Cl. The number of hydrogen-bond acceptors (Lipinski definition) is 4. The Morgan fingerprint density at radius 2 is 2.14 bits per heavy atom. The highest BCUT2D eigenvalue weighted by Gasteiger charge is 2.49. The second-order valence-electron chi connectivity index (χ2n) is 6.04. The molecule has 7 heteroatoms. The van der Waals surface area contributed by atoms with Crippen molar-refractivity contribution in [2.75, 3.05) is 18.1 Å². The highest BCUT2D eigenvalue weighted by Crippen LogP contribution is 2.51. The average Bonchev–Trinajstić information content (AvgIpc) is 2.97. The van der Waals surface area contributed by atoms with E-state index >= 15 is 0 Å². The number of nitrogens with one attached hydrogen (secondary N) is 2. The van der Waals surface area contributed by atoms with Crippen LogP contribution in [0.3, 0.4) is 0 Å². The Bertz CT molecular complexity index is 698. The van der Waals surface area contributed by atoms with E-state index in [1.165, 1.54) is 25.0 Å². The lowest BCUT2D eigenvalue weighted by molar-refractivity contribution is -0.117. The van der Waals surface area contributed by atoms with Crippen molar-refractivity contribution in [1.29, 1.82) is 0 Å². The second kappa shape index (κ2) is 4.97. The van der Waals surface area contributed by atoms with Crippen molar-refractivity contribution >= 4 is 33.0 Å². The van der Waals surface area contributed by atoms with Crippen LogP contribution in [-0.2, 0) is 14.6 Å². The van der Waals surface area contributed by atoms with Crippen LogP contribution in [0.25, 0.3) is 0 Å². The fourth-order valence-electron chi connectivity index (χ4n) is 2.77. The molecule has 1 atom stereocenters. The minimum absolute atomic E-state index is 0.0677. The molecule has 114 valence electrons. The quantitative estimate of drug-likeness (QED) is 0.887. The van der Waals surface area contributed by atoms with Crippen molar-refractivity contribution in [1.82, 2.24) is 5.32 Å². The molecule has 1 saturated heterocycles. The first-order valence-corrected chi connectivity index (χ1v) is 9.10. The third-order valence-corrected chi connectivity index (χ3v) is 5.81. The minimum atomic E-state index is -3.36. The van der Waals surface area contributed by atoms with Crippen molar-refractivity contribution < 1.29 is 13.2 Å². The summed E-state index contributed by atoms with van der Waals surface area (Å²) in [6.07, 6.45) is 4.36. The van der Waals surface area contributed by atoms with E-state index in [1.54, 1.807) is 6.07 Å². The summed E-state index contributed by atoms with van der Waals surface area (Å²) in [7, 11) is -3.36. The summed E-state index contributed by atoms with van der Waals surface area (Å²) < 4.78 is 23.0. The molecule has 1 aromatic carbocycles. The molecule has 1 amide bonds. The molecule has 5 nitrogen and oxygen atoms in total. The molecule has 1 aliphatic heterocycles. The van der Waals surface area contributed by atoms with Gasteiger partial charge in [0.2, 0.25) is 5.91 Å². The third kappa shape index (κ3) is 3.07. The van der Waals surface area contributed by atoms with Crippen molar-refractivity contribution in [2.24, 2.45) is 5.41 Å². The van der Waals surface area contributed by atoms with Gasteiger partial charge in [0.05, 0.1) is 16.0 Å². The van der Waals surface area contributed by atoms with Gasteiger partial charge in [-0.3, -0.25) is 4.79 Å². The van der Waals surface area contributed by atoms with E-state index in [1.807, 2.05) is 0 Å². The van der Waals surface area contributed by atoms with E-state index in [2.05, 4.69) is 10.6 Å². The third-order valence-electron chi connectivity index (χ3n) is 4.23. The number of amides is 1. The molecule has 0 radical (unpaired) electrons. The Morgan fingerprint density at radius 3 is 2.67 bits per heavy atom. The molecule has 3 rings (SSSR count). The average molecular weight is 329 g/mol. The van der Waals surface area contributed by atoms with Crippen LogP contribution in [-0.4, -0.2) is 33.2 Å². The van der Waals surface area contributed by atoms with Gasteiger partial charge in [-0.25, -0.2) is 8.42 Å². The topological polar surface area (TPSA) is 75.3 Å². The van der Waals surface area contributed by atoms with E-state index < -0.39 is 9.84 Å². The molecule has 0 bridgehead atoms. The van der Waals surface area contributed by atoms with Crippen LogP contribution < -0.4 is 10.6 Å². The predicted molar refractivity (Wildman–Crippen MR) is 81.3 cm³/mol. The number of anilines is 1. The van der Waals surface area contributed by atoms with Crippen LogP contribution in [0, 0.1) is 5.41 Å². The van der Waals surface area contributed by atoms with E-state index in [0.29, 0.717) is 11.1 Å². The fourth-order valence-corrected chi connectivity index (χ4v) is 4.10. The van der Waals surface area contributed by atoms with Gasteiger partial charge in [0.25, 0.3) is 0 Å². The van der Waals surface area contributed by atoms with Crippen LogP contribution in [0.5, 0.6) is 0 Å². The molecule has 1 heterocycles. The van der Waals surface area contributed by atoms with Crippen molar-refractivity contribution in [3.8, 4) is 0 Å². The number of rotatable bonds is 3. The summed E-state index contributed by atoms with van der Waals surface area (Å²) in [5.41, 5.74) is 0.857. The predicted octanol–water partition coefficient (Wildman–Crippen LogP) is 1.82. The Kier molecular flexibility index (Phi) is 3.50. The number of carbonyl (C=O) groups excluding carboxylic acids is 1. The summed E-state index contributed by atoms with van der Waals surface area (Å²) in [6.45, 7) is 0.902. The van der Waals surface area contributed by atoms with E-state index in [9.17, 15) is 13.2 Å². The molecule has 0 unspecified atom stereocenters. The second-order valence-corrected chi connectivity index (χ2v) is 8.44. The Balaban J connectivity index is 1.70. The molecular formula is C14H17ClN2O3S. The van der Waals surface area contributed by atoms with Crippen LogP contribution in [0.4, 0.5) is 5.69 Å². The smallest absolute Gasteiger partial charge is 0.241 e. The molecule has 1 spiro atoms. The Morgan fingerprint density at radius 1 is 1.43 bits per heavy atom. The molecule has 2 fully saturated rings. The number of carbonyl (C=O) groups is 1. The maximum atomic E-state index is 12.2. The Hall–Kier alpha value is -1.11. The summed E-state index contributed by atoms with van der Waals surface area (Å²) >= 11 is 5.97. The van der Waals surface area contributed by atoms with Gasteiger partial charge in [0.1, 0.15) is 0 Å². The van der Waals surface area contributed by atoms with Gasteiger partial charge in [-0.2, -0.15) is 0 Å². The molecule has 2 aliphatic rings. The molecule has 21 heavy (non-hydrogen) atoms. The molecule has 1 aromatic rings. The summed E-state index contributed by atoms with van der Waals surface area (Å²) in [6, 6.07) is 4.26. The minimum Gasteiger partial charge on any atom is -0.325 e. The van der Waals surface area contributed by atoms with Gasteiger partial charge in [-0.05, 0) is 42.9 Å². The van der Waals surface area contributed by atoms with Gasteiger partial charge < -0.3 is 10.6 Å². The highest BCUT2D eigenvalue weighted by atomic mass is 35.5. The zero-order valence-corrected chi connectivity index (χ0v) is 13.2. The van der Waals surface area contributed by atoms with E-state index in [0.717, 1.165) is 19.2 Å². The summed E-state index contributed by atoms with van der Waals surface area (Å²) in [5.74, 6) is -0.0954. The lowest BCUT2D eigenvalue weighted by Gasteiger charge is -2.12. The fraction of sp³-hybridized carbons (Fsp3) is 0.500. The summed E-state index contributed by atoms with van der Waals surface area (Å²) in [5, 5.41) is 6.15. The van der Waals surface area contributed by atoms with Gasteiger partial charge >= 0.3 is 0 Å². The summed E-state index contributed by atoms with van der Waals surface area (Å²) in [4.78, 5) is 12.3. The van der Waals surface area contributed by atoms with Gasteiger partial charge in [-0.15, -0.1) is 0 Å². The monoisotopic (exact) mass is 328 g/mol. The van der Waals surface area contributed by atoms with Gasteiger partial charge in [0.15, 0.2) is 9.84 Å². The van der Waals surface area contributed by atoms with E-state index in [4.69, 9.17) is 11.6 Å². The van der Waals surface area contributed by atoms with Crippen LogP contribution in [0.2, 0.25) is 5.02 Å². The number of halogens is 1. The van der Waals surface area contributed by atoms with Crippen molar-refractivity contribution in [3.63, 3.8) is 0 Å². The maximum absolute atomic E-state index is 12.2.